The fourth-order valence-electron chi connectivity index (χ4n) is 4.19. The minimum atomic E-state index is -4.08. The van der Waals surface area contributed by atoms with E-state index in [1.165, 1.54) is 4.90 Å². The van der Waals surface area contributed by atoms with Crippen LogP contribution in [-0.2, 0) is 26.2 Å². The molecule has 0 spiro atoms. The Morgan fingerprint density at radius 2 is 1.44 bits per heavy atom. The van der Waals surface area contributed by atoms with Crippen molar-refractivity contribution in [3.8, 4) is 0 Å². The van der Waals surface area contributed by atoms with E-state index in [-0.39, 0.29) is 23.3 Å². The van der Waals surface area contributed by atoms with Gasteiger partial charge in [0, 0.05) is 13.1 Å². The Bertz CT molecular complexity index is 1400. The van der Waals surface area contributed by atoms with E-state index in [0.29, 0.717) is 12.2 Å². The minimum absolute atomic E-state index is 0.0929. The molecule has 1 N–H and O–H groups in total. The lowest BCUT2D eigenvalue weighted by molar-refractivity contribution is -0.139. The van der Waals surface area contributed by atoms with Gasteiger partial charge in [-0.1, -0.05) is 73.5 Å². The van der Waals surface area contributed by atoms with Crippen LogP contribution in [0, 0.1) is 26.7 Å². The van der Waals surface area contributed by atoms with Gasteiger partial charge in [0.25, 0.3) is 10.0 Å². The van der Waals surface area contributed by atoms with Crippen molar-refractivity contribution in [2.75, 3.05) is 17.4 Å². The van der Waals surface area contributed by atoms with Gasteiger partial charge >= 0.3 is 0 Å². The van der Waals surface area contributed by atoms with Crippen LogP contribution in [-0.4, -0.2) is 44.3 Å². The van der Waals surface area contributed by atoms with Crippen molar-refractivity contribution < 1.29 is 18.0 Å². The van der Waals surface area contributed by atoms with Crippen molar-refractivity contribution in [1.29, 1.82) is 0 Å². The molecule has 39 heavy (non-hydrogen) atoms. The van der Waals surface area contributed by atoms with Crippen LogP contribution in [0.2, 0.25) is 0 Å². The number of nitrogens with one attached hydrogen (secondary N) is 1. The number of benzene rings is 3. The van der Waals surface area contributed by atoms with E-state index in [1.807, 2.05) is 65.0 Å². The van der Waals surface area contributed by atoms with Gasteiger partial charge in [-0.2, -0.15) is 0 Å². The number of hydrogen-bond acceptors (Lipinski definition) is 4. The Labute approximate surface area is 232 Å². The number of carbonyl (C=O) groups excluding carboxylic acids is 2. The number of aryl methyl sites for hydroxylation is 3. The van der Waals surface area contributed by atoms with Gasteiger partial charge in [0.05, 0.1) is 10.6 Å². The molecule has 0 aliphatic heterocycles. The summed E-state index contributed by atoms with van der Waals surface area (Å²) >= 11 is 0. The molecule has 8 heteroatoms. The third-order valence-corrected chi connectivity index (χ3v) is 8.25. The first-order valence-electron chi connectivity index (χ1n) is 13.2. The molecular formula is C31H39N3O4S. The first kappa shape index (κ1) is 29.9. The maximum absolute atomic E-state index is 14.0. The van der Waals surface area contributed by atoms with Crippen molar-refractivity contribution >= 4 is 27.5 Å². The van der Waals surface area contributed by atoms with Crippen molar-refractivity contribution in [2.45, 2.75) is 59.0 Å². The predicted molar refractivity (Wildman–Crippen MR) is 156 cm³/mol. The molecule has 1 atom stereocenters. The van der Waals surface area contributed by atoms with E-state index >= 15 is 0 Å². The van der Waals surface area contributed by atoms with Crippen LogP contribution < -0.4 is 9.62 Å². The lowest BCUT2D eigenvalue weighted by Crippen LogP contribution is -2.51. The van der Waals surface area contributed by atoms with E-state index in [4.69, 9.17) is 0 Å². The van der Waals surface area contributed by atoms with Gasteiger partial charge in [-0.05, 0) is 69.0 Å². The van der Waals surface area contributed by atoms with Gasteiger partial charge in [-0.25, -0.2) is 8.42 Å². The summed E-state index contributed by atoms with van der Waals surface area (Å²) in [6.45, 7) is 11.6. The minimum Gasteiger partial charge on any atom is -0.354 e. The molecule has 0 aliphatic rings. The van der Waals surface area contributed by atoms with E-state index in [0.717, 1.165) is 26.6 Å². The Hall–Kier alpha value is -3.65. The normalized spacial score (nSPS) is 12.2. The van der Waals surface area contributed by atoms with Crippen LogP contribution in [0.5, 0.6) is 0 Å². The number of rotatable bonds is 11. The second kappa shape index (κ2) is 12.9. The standard InChI is InChI=1S/C31H39N3O4S/c1-22(2)19-32-31(36)26(6)33(20-27-11-7-9-24(4)17-27)30(35)21-34(28-12-8-10-25(5)18-28)39(37,38)29-15-13-23(3)14-16-29/h7-18,22,26H,19-21H2,1-6H3,(H,32,36)/t26-/m1/s1. The average Bonchev–Trinajstić information content (AvgIpc) is 2.88. The number of hydrogen-bond donors (Lipinski definition) is 1. The van der Waals surface area contributed by atoms with Crippen molar-refractivity contribution in [1.82, 2.24) is 10.2 Å². The predicted octanol–water partition coefficient (Wildman–Crippen LogP) is 5.00. The van der Waals surface area contributed by atoms with E-state index < -0.39 is 28.5 Å². The van der Waals surface area contributed by atoms with Crippen molar-refractivity contribution in [3.05, 3.63) is 95.1 Å². The highest BCUT2D eigenvalue weighted by Crippen LogP contribution is 2.25. The fraction of sp³-hybridized carbons (Fsp3) is 0.355. The monoisotopic (exact) mass is 549 g/mol. The largest absolute Gasteiger partial charge is 0.354 e. The molecule has 0 fully saturated rings. The highest BCUT2D eigenvalue weighted by molar-refractivity contribution is 7.92. The molecule has 3 aromatic carbocycles. The third kappa shape index (κ3) is 7.93. The molecule has 3 rings (SSSR count). The zero-order chi connectivity index (χ0) is 28.7. The Morgan fingerprint density at radius 3 is 2.03 bits per heavy atom. The molecular weight excluding hydrogens is 510 g/mol. The Balaban J connectivity index is 2.01. The maximum atomic E-state index is 14.0. The van der Waals surface area contributed by atoms with Gasteiger partial charge in [0.15, 0.2) is 0 Å². The SMILES string of the molecule is Cc1ccc(S(=O)(=O)N(CC(=O)N(Cc2cccc(C)c2)[C@H](C)C(=O)NCC(C)C)c2cccc(C)c2)cc1. The molecule has 0 saturated carbocycles. The summed E-state index contributed by atoms with van der Waals surface area (Å²) in [7, 11) is -4.08. The smallest absolute Gasteiger partial charge is 0.264 e. The highest BCUT2D eigenvalue weighted by atomic mass is 32.2. The number of carbonyl (C=O) groups is 2. The third-order valence-electron chi connectivity index (χ3n) is 6.46. The summed E-state index contributed by atoms with van der Waals surface area (Å²) in [5.74, 6) is -0.507. The van der Waals surface area contributed by atoms with Crippen molar-refractivity contribution in [2.24, 2.45) is 5.92 Å². The van der Waals surface area contributed by atoms with Crippen LogP contribution in [0.3, 0.4) is 0 Å². The molecule has 3 aromatic rings. The van der Waals surface area contributed by atoms with Crippen LogP contribution in [0.15, 0.2) is 77.7 Å². The number of nitrogens with zero attached hydrogens (tertiary/aromatic N) is 2. The summed E-state index contributed by atoms with van der Waals surface area (Å²) in [6.07, 6.45) is 0. The van der Waals surface area contributed by atoms with Gasteiger partial charge in [-0.15, -0.1) is 0 Å². The van der Waals surface area contributed by atoms with Crippen LogP contribution in [0.4, 0.5) is 5.69 Å². The van der Waals surface area contributed by atoms with Gasteiger partial charge in [0.2, 0.25) is 11.8 Å². The second-order valence-electron chi connectivity index (χ2n) is 10.5. The topological polar surface area (TPSA) is 86.8 Å². The van der Waals surface area contributed by atoms with E-state index in [2.05, 4.69) is 5.32 Å². The average molecular weight is 550 g/mol. The zero-order valence-electron chi connectivity index (χ0n) is 23.6. The van der Waals surface area contributed by atoms with Crippen LogP contribution >= 0.6 is 0 Å². The van der Waals surface area contributed by atoms with Gasteiger partial charge < -0.3 is 10.2 Å². The fourth-order valence-corrected chi connectivity index (χ4v) is 5.60. The Kier molecular flexibility index (Phi) is 9.92. The van der Waals surface area contributed by atoms with Gasteiger partial charge in [-0.3, -0.25) is 13.9 Å². The lowest BCUT2D eigenvalue weighted by atomic mass is 10.1. The molecule has 7 nitrogen and oxygen atoms in total. The molecule has 0 bridgehead atoms. The molecule has 2 amide bonds. The summed E-state index contributed by atoms with van der Waals surface area (Å²) in [6, 6.07) is 20.5. The zero-order valence-corrected chi connectivity index (χ0v) is 24.5. The molecule has 208 valence electrons. The molecule has 0 radical (unpaired) electrons. The number of anilines is 1. The summed E-state index contributed by atoms with van der Waals surface area (Å²) in [4.78, 5) is 28.6. The maximum Gasteiger partial charge on any atom is 0.264 e. The van der Waals surface area contributed by atoms with Crippen molar-refractivity contribution in [3.63, 3.8) is 0 Å². The first-order valence-corrected chi connectivity index (χ1v) is 14.6. The summed E-state index contributed by atoms with van der Waals surface area (Å²) in [5.41, 5.74) is 4.06. The molecule has 0 saturated heterocycles. The number of sulfonamides is 1. The first-order chi connectivity index (χ1) is 18.4. The van der Waals surface area contributed by atoms with E-state index in [1.54, 1.807) is 49.4 Å². The van der Waals surface area contributed by atoms with Crippen LogP contribution in [0.25, 0.3) is 0 Å². The highest BCUT2D eigenvalue weighted by Gasteiger charge is 2.32. The van der Waals surface area contributed by atoms with E-state index in [9.17, 15) is 18.0 Å². The summed E-state index contributed by atoms with van der Waals surface area (Å²) in [5, 5.41) is 2.90. The molecule has 0 heterocycles. The Morgan fingerprint density at radius 1 is 0.821 bits per heavy atom. The molecule has 0 aliphatic carbocycles. The number of amides is 2. The lowest BCUT2D eigenvalue weighted by Gasteiger charge is -2.32. The van der Waals surface area contributed by atoms with Crippen LogP contribution in [0.1, 0.15) is 43.0 Å². The molecule has 0 aromatic heterocycles. The molecule has 0 unspecified atom stereocenters. The second-order valence-corrected chi connectivity index (χ2v) is 12.4. The van der Waals surface area contributed by atoms with Gasteiger partial charge in [0.1, 0.15) is 12.6 Å². The summed E-state index contributed by atoms with van der Waals surface area (Å²) < 4.78 is 28.9. The quantitative estimate of drug-likeness (QED) is 0.365.